The Hall–Kier alpha value is -2.47. The summed E-state index contributed by atoms with van der Waals surface area (Å²) >= 11 is 0. The number of hydrogen-bond donors (Lipinski definition) is 0. The zero-order valence-electron chi connectivity index (χ0n) is 20.1. The quantitative estimate of drug-likeness (QED) is 0.461. The zero-order valence-corrected chi connectivity index (χ0v) is 20.1. The maximum absolute atomic E-state index is 14.3. The van der Waals surface area contributed by atoms with Crippen molar-refractivity contribution in [2.75, 3.05) is 44.3 Å². The van der Waals surface area contributed by atoms with Gasteiger partial charge in [0.2, 0.25) is 5.91 Å². The van der Waals surface area contributed by atoms with Gasteiger partial charge in [-0.05, 0) is 79.8 Å². The van der Waals surface area contributed by atoms with Crippen LogP contribution < -0.4 is 4.90 Å². The van der Waals surface area contributed by atoms with Crippen molar-refractivity contribution in [2.24, 2.45) is 5.92 Å². The van der Waals surface area contributed by atoms with Gasteiger partial charge in [-0.1, -0.05) is 25.1 Å². The Labute approximate surface area is 201 Å². The van der Waals surface area contributed by atoms with E-state index in [1.807, 2.05) is 28.0 Å². The second-order valence-electron chi connectivity index (χ2n) is 9.60. The molecular weight excluding hydrogens is 434 g/mol. The van der Waals surface area contributed by atoms with Crippen molar-refractivity contribution in [1.82, 2.24) is 4.90 Å². The number of nitrogens with zero attached hydrogens (tertiary/aromatic N) is 2. The Balaban J connectivity index is 1.41. The number of amides is 1. The number of ether oxygens (including phenoxy) is 1. The molecular formula is C28H36F2N2O2. The summed E-state index contributed by atoms with van der Waals surface area (Å²) in [6.45, 7) is 6.25. The van der Waals surface area contributed by atoms with E-state index in [9.17, 15) is 13.6 Å². The number of rotatable bonds is 8. The summed E-state index contributed by atoms with van der Waals surface area (Å²) in [5.41, 5.74) is 2.81. The van der Waals surface area contributed by atoms with Crippen LogP contribution >= 0.6 is 0 Å². The van der Waals surface area contributed by atoms with Crippen molar-refractivity contribution in [1.29, 1.82) is 0 Å². The van der Waals surface area contributed by atoms with Crippen LogP contribution in [0, 0.1) is 17.6 Å². The predicted octanol–water partition coefficient (Wildman–Crippen LogP) is 5.75. The summed E-state index contributed by atoms with van der Waals surface area (Å²) in [6.07, 6.45) is 5.89. The van der Waals surface area contributed by atoms with Gasteiger partial charge >= 0.3 is 0 Å². The van der Waals surface area contributed by atoms with E-state index in [-0.39, 0.29) is 30.0 Å². The van der Waals surface area contributed by atoms with E-state index >= 15 is 0 Å². The summed E-state index contributed by atoms with van der Waals surface area (Å²) in [7, 11) is 0. The Morgan fingerprint density at radius 3 is 2.44 bits per heavy atom. The first kappa shape index (κ1) is 24.6. The number of carbonyl (C=O) groups excluding carboxylic acids is 1. The number of fused-ring (bicyclic) bond motifs is 1. The topological polar surface area (TPSA) is 32.8 Å². The molecule has 4 nitrogen and oxygen atoms in total. The summed E-state index contributed by atoms with van der Waals surface area (Å²) in [6, 6.07) is 11.4. The minimum absolute atomic E-state index is 0.0574. The van der Waals surface area contributed by atoms with Gasteiger partial charge in [-0.25, -0.2) is 8.78 Å². The van der Waals surface area contributed by atoms with Gasteiger partial charge < -0.3 is 14.5 Å². The fourth-order valence-corrected chi connectivity index (χ4v) is 5.28. The first-order valence-electron chi connectivity index (χ1n) is 12.7. The van der Waals surface area contributed by atoms with Crippen molar-refractivity contribution in [2.45, 2.75) is 51.4 Å². The lowest BCUT2D eigenvalue weighted by molar-refractivity contribution is -0.131. The van der Waals surface area contributed by atoms with Gasteiger partial charge in [0.1, 0.15) is 11.6 Å². The zero-order chi connectivity index (χ0) is 23.9. The number of piperidine rings is 1. The third-order valence-electron chi connectivity index (χ3n) is 7.21. The maximum Gasteiger partial charge on any atom is 0.242 e. The number of anilines is 1. The molecule has 1 saturated heterocycles. The van der Waals surface area contributed by atoms with E-state index < -0.39 is 0 Å². The number of carbonyl (C=O) groups is 1. The second kappa shape index (κ2) is 11.8. The van der Waals surface area contributed by atoms with Gasteiger partial charge in [0.05, 0.1) is 6.54 Å². The molecule has 1 fully saturated rings. The van der Waals surface area contributed by atoms with E-state index in [1.54, 1.807) is 6.07 Å². The van der Waals surface area contributed by atoms with Crippen LogP contribution in [0.1, 0.15) is 62.5 Å². The molecule has 1 amide bonds. The Morgan fingerprint density at radius 2 is 1.71 bits per heavy atom. The monoisotopic (exact) mass is 470 g/mol. The molecule has 0 aromatic heterocycles. The summed E-state index contributed by atoms with van der Waals surface area (Å²) in [4.78, 5) is 17.2. The fourth-order valence-electron chi connectivity index (χ4n) is 5.28. The molecule has 2 aliphatic heterocycles. The Kier molecular flexibility index (Phi) is 8.54. The van der Waals surface area contributed by atoms with Crippen molar-refractivity contribution < 1.29 is 18.3 Å². The van der Waals surface area contributed by atoms with Crippen LogP contribution in [0.25, 0.3) is 0 Å². The number of hydrogen-bond acceptors (Lipinski definition) is 3. The predicted molar refractivity (Wildman–Crippen MR) is 131 cm³/mol. The summed E-state index contributed by atoms with van der Waals surface area (Å²) in [5, 5.41) is 0. The molecule has 0 spiro atoms. The molecule has 2 aromatic carbocycles. The van der Waals surface area contributed by atoms with E-state index in [2.05, 4.69) is 6.92 Å². The van der Waals surface area contributed by atoms with E-state index in [4.69, 9.17) is 4.74 Å². The van der Waals surface area contributed by atoms with Crippen molar-refractivity contribution >= 4 is 11.6 Å². The second-order valence-corrected chi connectivity index (χ2v) is 9.60. The third-order valence-corrected chi connectivity index (χ3v) is 7.21. The average Bonchev–Trinajstić information content (AvgIpc) is 3.02. The van der Waals surface area contributed by atoms with Crippen LogP contribution in [0.3, 0.4) is 0 Å². The average molecular weight is 471 g/mol. The molecule has 2 heterocycles. The minimum atomic E-state index is -0.304. The molecule has 2 aliphatic rings. The summed E-state index contributed by atoms with van der Waals surface area (Å²) in [5.74, 6) is 0.215. The highest BCUT2D eigenvalue weighted by molar-refractivity contribution is 5.82. The highest BCUT2D eigenvalue weighted by Crippen LogP contribution is 2.39. The SMILES string of the molecule is CCCOCCC1CCN(C(=O)CN2CCCC(c3ccc(F)cc3)c3ccc(F)cc32)CC1. The van der Waals surface area contributed by atoms with Crippen molar-refractivity contribution in [3.63, 3.8) is 0 Å². The first-order valence-corrected chi connectivity index (χ1v) is 12.7. The van der Waals surface area contributed by atoms with Crippen LogP contribution in [0.4, 0.5) is 14.5 Å². The van der Waals surface area contributed by atoms with Gasteiger partial charge in [-0.15, -0.1) is 0 Å². The van der Waals surface area contributed by atoms with Gasteiger partial charge in [0, 0.05) is 44.5 Å². The van der Waals surface area contributed by atoms with Gasteiger partial charge in [0.15, 0.2) is 0 Å². The largest absolute Gasteiger partial charge is 0.381 e. The van der Waals surface area contributed by atoms with Gasteiger partial charge in [-0.2, -0.15) is 0 Å². The van der Waals surface area contributed by atoms with Crippen molar-refractivity contribution in [3.8, 4) is 0 Å². The lowest BCUT2D eigenvalue weighted by Crippen LogP contribution is -2.44. The van der Waals surface area contributed by atoms with Gasteiger partial charge in [-0.3, -0.25) is 4.79 Å². The molecule has 6 heteroatoms. The lowest BCUT2D eigenvalue weighted by atomic mass is 9.87. The maximum atomic E-state index is 14.3. The molecule has 1 atom stereocenters. The highest BCUT2D eigenvalue weighted by atomic mass is 19.1. The molecule has 2 aromatic rings. The fraction of sp³-hybridized carbons (Fsp3) is 0.536. The van der Waals surface area contributed by atoms with Crippen LogP contribution in [0.15, 0.2) is 42.5 Å². The molecule has 0 saturated carbocycles. The van der Waals surface area contributed by atoms with Gasteiger partial charge in [0.25, 0.3) is 0 Å². The molecule has 184 valence electrons. The minimum Gasteiger partial charge on any atom is -0.381 e. The van der Waals surface area contributed by atoms with Crippen LogP contribution in [-0.2, 0) is 9.53 Å². The van der Waals surface area contributed by atoms with Crippen LogP contribution in [-0.4, -0.2) is 50.2 Å². The number of benzene rings is 2. The normalized spacial score (nSPS) is 19.1. The van der Waals surface area contributed by atoms with Crippen LogP contribution in [0.2, 0.25) is 0 Å². The Bertz CT molecular complexity index is 942. The van der Waals surface area contributed by atoms with E-state index in [0.29, 0.717) is 12.5 Å². The smallest absolute Gasteiger partial charge is 0.242 e. The molecule has 0 N–H and O–H groups in total. The molecule has 0 bridgehead atoms. The molecule has 0 aliphatic carbocycles. The first-order chi connectivity index (χ1) is 16.5. The third kappa shape index (κ3) is 6.15. The van der Waals surface area contributed by atoms with Crippen molar-refractivity contribution in [3.05, 3.63) is 65.2 Å². The molecule has 1 unspecified atom stereocenters. The molecule has 0 radical (unpaired) electrons. The summed E-state index contributed by atoms with van der Waals surface area (Å²) < 4.78 is 33.4. The highest BCUT2D eigenvalue weighted by Gasteiger charge is 2.28. The van der Waals surface area contributed by atoms with E-state index in [1.165, 1.54) is 18.2 Å². The molecule has 4 rings (SSSR count). The number of halogens is 2. The Morgan fingerprint density at radius 1 is 0.971 bits per heavy atom. The van der Waals surface area contributed by atoms with E-state index in [0.717, 1.165) is 81.6 Å². The van der Waals surface area contributed by atoms with Crippen LogP contribution in [0.5, 0.6) is 0 Å². The molecule has 34 heavy (non-hydrogen) atoms. The standard InChI is InChI=1S/C28H36F2N2O2/c1-2-17-34-18-13-21-11-15-31(16-12-21)28(33)20-32-14-3-4-25(22-5-7-23(29)8-6-22)26-10-9-24(30)19-27(26)32/h5-10,19,21,25H,2-4,11-18,20H2,1H3. The number of likely N-dealkylation sites (tertiary alicyclic amines) is 1. The lowest BCUT2D eigenvalue weighted by Gasteiger charge is -2.34.